The summed E-state index contributed by atoms with van der Waals surface area (Å²) in [4.78, 5) is 0. The molecule has 0 atom stereocenters. The summed E-state index contributed by atoms with van der Waals surface area (Å²) in [6.45, 7) is 3.70. The van der Waals surface area contributed by atoms with Gasteiger partial charge < -0.3 is 4.42 Å². The van der Waals surface area contributed by atoms with Gasteiger partial charge in [-0.15, -0.1) is 6.58 Å². The van der Waals surface area contributed by atoms with Crippen molar-refractivity contribution in [2.24, 2.45) is 0 Å². The van der Waals surface area contributed by atoms with E-state index < -0.39 is 0 Å². The van der Waals surface area contributed by atoms with E-state index in [1.54, 1.807) is 6.26 Å². The molecule has 0 radical (unpaired) electrons. The van der Waals surface area contributed by atoms with Gasteiger partial charge in [-0.25, -0.2) is 0 Å². The number of fused-ring (bicyclic) bond motifs is 1. The number of allylic oxidation sites excluding steroid dienone is 2. The third kappa shape index (κ3) is 1.03. The largest absolute Gasteiger partial charge is 0.465 e. The smallest absolute Gasteiger partial charge is 0.130 e. The molecule has 0 bridgehead atoms. The van der Waals surface area contributed by atoms with E-state index in [4.69, 9.17) is 4.42 Å². The predicted octanol–water partition coefficient (Wildman–Crippen LogP) is 2.80. The fourth-order valence-corrected chi connectivity index (χ4v) is 1.42. The highest BCUT2D eigenvalue weighted by Gasteiger charge is 2.13. The zero-order valence-corrected chi connectivity index (χ0v) is 6.34. The van der Waals surface area contributed by atoms with Crippen molar-refractivity contribution in [3.05, 3.63) is 41.9 Å². The molecule has 0 aromatic carbocycles. The molecular formula is C10H10O. The fourth-order valence-electron chi connectivity index (χ4n) is 1.42. The van der Waals surface area contributed by atoms with Crippen LogP contribution in [0.15, 0.2) is 35.0 Å². The van der Waals surface area contributed by atoms with Crippen molar-refractivity contribution in [3.63, 3.8) is 0 Å². The lowest BCUT2D eigenvalue weighted by Crippen LogP contribution is -1.79. The van der Waals surface area contributed by atoms with Crippen molar-refractivity contribution in [2.45, 2.75) is 12.8 Å². The predicted molar refractivity (Wildman–Crippen MR) is 45.2 cm³/mol. The van der Waals surface area contributed by atoms with Crippen LogP contribution in [0.5, 0.6) is 0 Å². The molecule has 56 valence electrons. The van der Waals surface area contributed by atoms with E-state index in [1.807, 2.05) is 12.1 Å². The molecule has 1 aliphatic carbocycles. The van der Waals surface area contributed by atoms with Crippen LogP contribution in [0.3, 0.4) is 0 Å². The highest BCUT2D eigenvalue weighted by Crippen LogP contribution is 2.27. The van der Waals surface area contributed by atoms with Crippen LogP contribution in [0.4, 0.5) is 0 Å². The maximum Gasteiger partial charge on any atom is 0.130 e. The second-order valence-electron chi connectivity index (χ2n) is 2.78. The highest BCUT2D eigenvalue weighted by molar-refractivity contribution is 5.59. The minimum atomic E-state index is 0.976. The van der Waals surface area contributed by atoms with Crippen LogP contribution < -0.4 is 0 Å². The summed E-state index contributed by atoms with van der Waals surface area (Å²) in [5.41, 5.74) is 2.70. The molecule has 11 heavy (non-hydrogen) atoms. The van der Waals surface area contributed by atoms with Gasteiger partial charge in [0, 0.05) is 5.56 Å². The molecule has 0 saturated heterocycles. The summed E-state index contributed by atoms with van der Waals surface area (Å²) >= 11 is 0. The van der Waals surface area contributed by atoms with Gasteiger partial charge in [0.25, 0.3) is 0 Å². The molecule has 0 amide bonds. The second kappa shape index (κ2) is 2.42. The molecule has 0 aliphatic heterocycles. The molecule has 0 spiro atoms. The summed E-state index contributed by atoms with van der Waals surface area (Å²) in [6.07, 6.45) is 7.79. The van der Waals surface area contributed by atoms with Gasteiger partial charge in [0.05, 0.1) is 6.26 Å². The van der Waals surface area contributed by atoms with E-state index in [9.17, 15) is 0 Å². The minimum absolute atomic E-state index is 0.976. The van der Waals surface area contributed by atoms with Crippen LogP contribution in [0.25, 0.3) is 6.08 Å². The number of furan rings is 1. The molecule has 0 unspecified atom stereocenters. The Bertz CT molecular complexity index is 304. The van der Waals surface area contributed by atoms with E-state index in [0.717, 1.165) is 18.6 Å². The number of hydrogen-bond acceptors (Lipinski definition) is 1. The summed E-state index contributed by atoms with van der Waals surface area (Å²) in [5.74, 6) is 1.03. The third-order valence-corrected chi connectivity index (χ3v) is 1.94. The maximum atomic E-state index is 5.24. The van der Waals surface area contributed by atoms with Gasteiger partial charge in [-0.3, -0.25) is 0 Å². The molecule has 0 N–H and O–H groups in total. The molecular weight excluding hydrogens is 136 g/mol. The Labute approximate surface area is 66.0 Å². The minimum Gasteiger partial charge on any atom is -0.465 e. The lowest BCUT2D eigenvalue weighted by Gasteiger charge is -1.92. The van der Waals surface area contributed by atoms with Gasteiger partial charge in [0.2, 0.25) is 0 Å². The van der Waals surface area contributed by atoms with Crippen LogP contribution >= 0.6 is 0 Å². The van der Waals surface area contributed by atoms with Crippen molar-refractivity contribution in [1.82, 2.24) is 0 Å². The van der Waals surface area contributed by atoms with Crippen molar-refractivity contribution in [2.75, 3.05) is 0 Å². The van der Waals surface area contributed by atoms with Gasteiger partial charge in [-0.2, -0.15) is 0 Å². The monoisotopic (exact) mass is 146 g/mol. The molecule has 1 heteroatoms. The molecule has 1 aromatic heterocycles. The standard InChI is InChI=1S/C10H10O/c1-2-3-8-6-9-4-5-11-10(9)7-8/h2,4-5,7H,1,3,6H2. The van der Waals surface area contributed by atoms with Gasteiger partial charge in [0.1, 0.15) is 5.76 Å². The number of rotatable bonds is 2. The quantitative estimate of drug-likeness (QED) is 0.585. The van der Waals surface area contributed by atoms with Crippen molar-refractivity contribution < 1.29 is 4.42 Å². The summed E-state index contributed by atoms with van der Waals surface area (Å²) < 4.78 is 5.24. The zero-order valence-electron chi connectivity index (χ0n) is 6.34. The van der Waals surface area contributed by atoms with E-state index in [-0.39, 0.29) is 0 Å². The van der Waals surface area contributed by atoms with E-state index in [1.165, 1.54) is 11.1 Å². The second-order valence-corrected chi connectivity index (χ2v) is 2.78. The van der Waals surface area contributed by atoms with Crippen molar-refractivity contribution >= 4 is 6.08 Å². The Balaban J connectivity index is 2.24. The fraction of sp³-hybridized carbons (Fsp3) is 0.200. The van der Waals surface area contributed by atoms with Gasteiger partial charge in [-0.05, 0) is 25.0 Å². The van der Waals surface area contributed by atoms with Gasteiger partial charge in [0.15, 0.2) is 0 Å². The van der Waals surface area contributed by atoms with E-state index in [2.05, 4.69) is 12.7 Å². The Hall–Kier alpha value is -1.24. The van der Waals surface area contributed by atoms with Crippen LogP contribution in [-0.2, 0) is 6.42 Å². The van der Waals surface area contributed by atoms with Crippen molar-refractivity contribution in [1.29, 1.82) is 0 Å². The molecule has 0 fully saturated rings. The average Bonchev–Trinajstić information content (AvgIpc) is 2.46. The lowest BCUT2D eigenvalue weighted by atomic mass is 10.1. The van der Waals surface area contributed by atoms with Gasteiger partial charge in [-0.1, -0.05) is 11.6 Å². The van der Waals surface area contributed by atoms with Crippen LogP contribution in [0.2, 0.25) is 0 Å². The van der Waals surface area contributed by atoms with E-state index in [0.29, 0.717) is 0 Å². The molecule has 2 rings (SSSR count). The maximum absolute atomic E-state index is 5.24. The van der Waals surface area contributed by atoms with Crippen LogP contribution in [0.1, 0.15) is 17.7 Å². The lowest BCUT2D eigenvalue weighted by molar-refractivity contribution is 0.556. The van der Waals surface area contributed by atoms with Gasteiger partial charge >= 0.3 is 0 Å². The summed E-state index contributed by atoms with van der Waals surface area (Å²) in [7, 11) is 0. The molecule has 1 nitrogen and oxygen atoms in total. The SMILES string of the molecule is C=CCC1=Cc2occc2C1. The summed E-state index contributed by atoms with van der Waals surface area (Å²) in [6, 6.07) is 2.03. The van der Waals surface area contributed by atoms with Crippen LogP contribution in [-0.4, -0.2) is 0 Å². The normalized spacial score (nSPS) is 14.4. The molecule has 1 heterocycles. The highest BCUT2D eigenvalue weighted by atomic mass is 16.3. The van der Waals surface area contributed by atoms with E-state index >= 15 is 0 Å². The first kappa shape index (κ1) is 6.47. The Morgan fingerprint density at radius 3 is 3.27 bits per heavy atom. The molecule has 0 saturated carbocycles. The summed E-state index contributed by atoms with van der Waals surface area (Å²) in [5, 5.41) is 0. The number of hydrogen-bond donors (Lipinski definition) is 0. The first-order valence-electron chi connectivity index (χ1n) is 3.77. The third-order valence-electron chi connectivity index (χ3n) is 1.94. The average molecular weight is 146 g/mol. The topological polar surface area (TPSA) is 13.1 Å². The Kier molecular flexibility index (Phi) is 1.42. The first-order valence-corrected chi connectivity index (χ1v) is 3.77. The van der Waals surface area contributed by atoms with Crippen molar-refractivity contribution in [3.8, 4) is 0 Å². The zero-order chi connectivity index (χ0) is 7.68. The molecule has 1 aliphatic rings. The Morgan fingerprint density at radius 1 is 1.64 bits per heavy atom. The molecule has 1 aromatic rings. The van der Waals surface area contributed by atoms with Crippen LogP contribution in [0, 0.1) is 0 Å². The first-order chi connectivity index (χ1) is 5.40. The Morgan fingerprint density at radius 2 is 2.55 bits per heavy atom.